The second-order valence-electron chi connectivity index (χ2n) is 7.43. The Morgan fingerprint density at radius 1 is 0.875 bits per heavy atom. The van der Waals surface area contributed by atoms with E-state index in [2.05, 4.69) is 16.0 Å². The van der Waals surface area contributed by atoms with Crippen molar-refractivity contribution in [2.75, 3.05) is 0 Å². The molecule has 3 amide bonds. The van der Waals surface area contributed by atoms with Crippen LogP contribution in [0.2, 0.25) is 0 Å². The average molecular weight is 451 g/mol. The van der Waals surface area contributed by atoms with Crippen molar-refractivity contribution in [1.29, 1.82) is 0 Å². The Labute approximate surface area is 185 Å². The summed E-state index contributed by atoms with van der Waals surface area (Å²) in [4.78, 5) is 59.5. The van der Waals surface area contributed by atoms with Crippen LogP contribution in [-0.2, 0) is 30.4 Å². The van der Waals surface area contributed by atoms with E-state index in [-0.39, 0.29) is 19.3 Å². The Morgan fingerprint density at radius 3 is 2.00 bits per heavy atom. The molecule has 0 spiro atoms. The Morgan fingerprint density at radius 2 is 1.47 bits per heavy atom. The smallest absolute Gasteiger partial charge is 0.325 e. The number of amides is 3. The Kier molecular flexibility index (Phi) is 10.8. The van der Waals surface area contributed by atoms with Crippen LogP contribution in [0.5, 0.6) is 0 Å². The second-order valence-corrected chi connectivity index (χ2v) is 7.43. The lowest BCUT2D eigenvalue weighted by atomic mass is 10.0. The van der Waals surface area contributed by atoms with Crippen LogP contribution < -0.4 is 16.0 Å². The average Bonchev–Trinajstić information content (AvgIpc) is 2.70. The number of carbonyl (C=O) groups excluding carboxylic acids is 3. The number of hydrogen-bond acceptors (Lipinski definition) is 6. The fraction of sp³-hybridized carbons (Fsp3) is 0.476. The molecule has 4 unspecified atom stereocenters. The van der Waals surface area contributed by atoms with Crippen molar-refractivity contribution in [3.05, 3.63) is 35.9 Å². The second kappa shape index (κ2) is 13.1. The van der Waals surface area contributed by atoms with Crippen LogP contribution in [0.3, 0.4) is 0 Å². The van der Waals surface area contributed by atoms with E-state index in [0.717, 1.165) is 5.56 Å². The summed E-state index contributed by atoms with van der Waals surface area (Å²) in [5.74, 6) is -4.69. The zero-order valence-electron chi connectivity index (χ0n) is 17.9. The van der Waals surface area contributed by atoms with Crippen LogP contribution in [0.4, 0.5) is 0 Å². The van der Waals surface area contributed by atoms with Crippen molar-refractivity contribution in [2.24, 2.45) is 0 Å². The number of aliphatic carboxylic acids is 2. The highest BCUT2D eigenvalue weighted by atomic mass is 16.4. The molecule has 1 aromatic carbocycles. The van der Waals surface area contributed by atoms with Crippen LogP contribution in [0, 0.1) is 0 Å². The summed E-state index contributed by atoms with van der Waals surface area (Å²) in [6.07, 6.45) is -1.81. The molecule has 0 fully saturated rings. The molecule has 1 aromatic rings. The van der Waals surface area contributed by atoms with E-state index < -0.39 is 60.3 Å². The topological polar surface area (TPSA) is 182 Å². The van der Waals surface area contributed by atoms with Gasteiger partial charge in [0.2, 0.25) is 17.7 Å². The normalized spacial score (nSPS) is 14.3. The van der Waals surface area contributed by atoms with Gasteiger partial charge in [-0.25, -0.2) is 0 Å². The number of hydrogen-bond donors (Lipinski definition) is 6. The zero-order chi connectivity index (χ0) is 24.3. The highest BCUT2D eigenvalue weighted by Crippen LogP contribution is 2.07. The summed E-state index contributed by atoms with van der Waals surface area (Å²) in [6, 6.07) is 5.07. The van der Waals surface area contributed by atoms with Gasteiger partial charge in [-0.15, -0.1) is 0 Å². The molecule has 1 rings (SSSR count). The van der Waals surface area contributed by atoms with Gasteiger partial charge >= 0.3 is 11.9 Å². The maximum atomic E-state index is 12.9. The molecule has 32 heavy (non-hydrogen) atoms. The van der Waals surface area contributed by atoms with Crippen molar-refractivity contribution >= 4 is 29.7 Å². The molecule has 6 N–H and O–H groups in total. The monoisotopic (exact) mass is 451 g/mol. The van der Waals surface area contributed by atoms with Crippen LogP contribution in [0.15, 0.2) is 30.3 Å². The third-order valence-corrected chi connectivity index (χ3v) is 4.42. The number of carbonyl (C=O) groups is 5. The first-order chi connectivity index (χ1) is 15.0. The highest BCUT2D eigenvalue weighted by molar-refractivity contribution is 5.93. The summed E-state index contributed by atoms with van der Waals surface area (Å²) in [5, 5.41) is 34.4. The molecule has 11 nitrogen and oxygen atoms in total. The standard InChI is InChI=1S/C21H29N3O8/c1-12(25)10-17(26)23-16(11-14-6-4-3-5-7-14)20(30)24-15(8-9-18(27)28)19(29)22-13(2)21(31)32/h3-7,12-13,15-16,25H,8-11H2,1-2H3,(H,22,29)(H,23,26)(H,24,30)(H,27,28)(H,31,32). The minimum Gasteiger partial charge on any atom is -0.481 e. The maximum absolute atomic E-state index is 12.9. The van der Waals surface area contributed by atoms with Crippen molar-refractivity contribution in [3.63, 3.8) is 0 Å². The third kappa shape index (κ3) is 10.0. The summed E-state index contributed by atoms with van der Waals surface area (Å²) in [5.41, 5.74) is 0.719. The van der Waals surface area contributed by atoms with Crippen LogP contribution in [0.1, 0.15) is 38.7 Å². The molecule has 0 aromatic heterocycles. The quantitative estimate of drug-likeness (QED) is 0.230. The first-order valence-electron chi connectivity index (χ1n) is 10.1. The van der Waals surface area contributed by atoms with E-state index in [1.807, 2.05) is 0 Å². The van der Waals surface area contributed by atoms with Gasteiger partial charge in [0.15, 0.2) is 0 Å². The number of benzene rings is 1. The van der Waals surface area contributed by atoms with E-state index in [1.54, 1.807) is 30.3 Å². The Bertz CT molecular complexity index is 813. The van der Waals surface area contributed by atoms with Gasteiger partial charge < -0.3 is 31.3 Å². The van der Waals surface area contributed by atoms with E-state index in [4.69, 9.17) is 10.2 Å². The molecule has 176 valence electrons. The van der Waals surface area contributed by atoms with Gasteiger partial charge in [-0.2, -0.15) is 0 Å². The Hall–Kier alpha value is -3.47. The molecule has 11 heteroatoms. The number of aliphatic hydroxyl groups excluding tert-OH is 1. The fourth-order valence-electron chi connectivity index (χ4n) is 2.77. The van der Waals surface area contributed by atoms with E-state index in [9.17, 15) is 29.1 Å². The first-order valence-corrected chi connectivity index (χ1v) is 10.1. The van der Waals surface area contributed by atoms with Gasteiger partial charge in [-0.05, 0) is 25.8 Å². The van der Waals surface area contributed by atoms with Crippen LogP contribution >= 0.6 is 0 Å². The summed E-state index contributed by atoms with van der Waals surface area (Å²) in [7, 11) is 0. The molecule has 4 atom stereocenters. The predicted octanol–water partition coefficient (Wildman–Crippen LogP) is -0.576. The van der Waals surface area contributed by atoms with Crippen molar-refractivity contribution in [2.45, 2.75) is 63.8 Å². The van der Waals surface area contributed by atoms with Gasteiger partial charge in [-0.1, -0.05) is 30.3 Å². The largest absolute Gasteiger partial charge is 0.481 e. The van der Waals surface area contributed by atoms with Crippen molar-refractivity contribution in [3.8, 4) is 0 Å². The number of nitrogens with one attached hydrogen (secondary N) is 3. The molecule has 0 radical (unpaired) electrons. The molecule has 0 saturated heterocycles. The molecular weight excluding hydrogens is 422 g/mol. The lowest BCUT2D eigenvalue weighted by Crippen LogP contribution is -2.56. The van der Waals surface area contributed by atoms with E-state index in [1.165, 1.54) is 13.8 Å². The molecule has 0 bridgehead atoms. The molecule has 0 aliphatic carbocycles. The summed E-state index contributed by atoms with van der Waals surface area (Å²) < 4.78 is 0. The first kappa shape index (κ1) is 26.6. The van der Waals surface area contributed by atoms with Gasteiger partial charge in [0, 0.05) is 12.8 Å². The molecule has 0 aliphatic rings. The van der Waals surface area contributed by atoms with E-state index >= 15 is 0 Å². The minimum atomic E-state index is -1.33. The minimum absolute atomic E-state index is 0.0804. The Balaban J connectivity index is 3.01. The van der Waals surface area contributed by atoms with Crippen LogP contribution in [0.25, 0.3) is 0 Å². The molecule has 0 heterocycles. The number of carboxylic acid groups (broad SMARTS) is 2. The molecule has 0 aliphatic heterocycles. The van der Waals surface area contributed by atoms with Gasteiger partial charge in [0.1, 0.15) is 18.1 Å². The highest BCUT2D eigenvalue weighted by Gasteiger charge is 2.29. The SMILES string of the molecule is CC(O)CC(=O)NC(Cc1ccccc1)C(=O)NC(CCC(=O)O)C(=O)NC(C)C(=O)O. The fourth-order valence-corrected chi connectivity index (χ4v) is 2.77. The molecular formula is C21H29N3O8. The zero-order valence-corrected chi connectivity index (χ0v) is 17.9. The number of aliphatic hydroxyl groups is 1. The summed E-state index contributed by atoms with van der Waals surface area (Å²) >= 11 is 0. The lowest BCUT2D eigenvalue weighted by molar-refractivity contribution is -0.142. The lowest BCUT2D eigenvalue weighted by Gasteiger charge is -2.24. The van der Waals surface area contributed by atoms with E-state index in [0.29, 0.717) is 0 Å². The van der Waals surface area contributed by atoms with Gasteiger partial charge in [-0.3, -0.25) is 24.0 Å². The summed E-state index contributed by atoms with van der Waals surface area (Å²) in [6.45, 7) is 2.65. The van der Waals surface area contributed by atoms with Crippen LogP contribution in [-0.4, -0.2) is 69.2 Å². The molecule has 0 saturated carbocycles. The number of carboxylic acids is 2. The maximum Gasteiger partial charge on any atom is 0.325 e. The van der Waals surface area contributed by atoms with Gasteiger partial charge in [0.05, 0.1) is 12.5 Å². The third-order valence-electron chi connectivity index (χ3n) is 4.42. The van der Waals surface area contributed by atoms with Crippen molar-refractivity contribution in [1.82, 2.24) is 16.0 Å². The predicted molar refractivity (Wildman–Crippen MR) is 112 cm³/mol. The number of rotatable bonds is 13. The van der Waals surface area contributed by atoms with Crippen molar-refractivity contribution < 1.29 is 39.3 Å². The van der Waals surface area contributed by atoms with Gasteiger partial charge in [0.25, 0.3) is 0 Å².